The van der Waals surface area contributed by atoms with Crippen LogP contribution in [0.1, 0.15) is 11.8 Å². The summed E-state index contributed by atoms with van der Waals surface area (Å²) in [6.45, 7) is 5.75. The molecule has 3 heterocycles. The molecule has 0 saturated carbocycles. The molecule has 2 atom stereocenters. The molecule has 0 unspecified atom stereocenters. The van der Waals surface area contributed by atoms with Gasteiger partial charge in [-0.05, 0) is 13.0 Å². The molecular weight excluding hydrogens is 274 g/mol. The maximum absolute atomic E-state index is 11.8. The molecule has 0 radical (unpaired) electrons. The lowest BCUT2D eigenvalue weighted by Gasteiger charge is -2.28. The van der Waals surface area contributed by atoms with E-state index in [2.05, 4.69) is 9.88 Å². The Morgan fingerprint density at radius 1 is 1.29 bits per heavy atom. The zero-order valence-corrected chi connectivity index (χ0v) is 11.9. The molecule has 1 saturated heterocycles. The first-order chi connectivity index (χ1) is 10.1. The number of rotatable bonds is 3. The lowest BCUT2D eigenvalue weighted by Crippen LogP contribution is -2.41. The highest BCUT2D eigenvalue weighted by Gasteiger charge is 2.24. The normalized spacial score (nSPS) is 26.3. The first-order valence-electron chi connectivity index (χ1n) is 7.09. The number of morpholine rings is 1. The van der Waals surface area contributed by atoms with Crippen molar-refractivity contribution >= 4 is 0 Å². The van der Waals surface area contributed by atoms with Crippen LogP contribution in [-0.4, -0.2) is 53.4 Å². The number of ether oxygens (including phenoxy) is 2. The van der Waals surface area contributed by atoms with E-state index in [1.165, 1.54) is 10.8 Å². The van der Waals surface area contributed by atoms with Gasteiger partial charge in [0, 0.05) is 31.4 Å². The van der Waals surface area contributed by atoms with Gasteiger partial charge in [-0.2, -0.15) is 0 Å². The van der Waals surface area contributed by atoms with Crippen LogP contribution in [0.15, 0.2) is 27.9 Å². The summed E-state index contributed by atoms with van der Waals surface area (Å²) in [5, 5.41) is 0. The average molecular weight is 293 g/mol. The highest BCUT2D eigenvalue weighted by molar-refractivity contribution is 5.06. The molecular formula is C14H19N3O4. The molecule has 2 aliphatic rings. The van der Waals surface area contributed by atoms with Gasteiger partial charge in [0.05, 0.1) is 19.3 Å². The topological polar surface area (TPSA) is 76.6 Å². The van der Waals surface area contributed by atoms with E-state index in [-0.39, 0.29) is 11.7 Å². The zero-order chi connectivity index (χ0) is 14.8. The van der Waals surface area contributed by atoms with Crippen LogP contribution in [0.5, 0.6) is 0 Å². The predicted octanol–water partition coefficient (Wildman–Crippen LogP) is -0.369. The van der Waals surface area contributed by atoms with Crippen LogP contribution in [0.3, 0.4) is 0 Å². The fourth-order valence-corrected chi connectivity index (χ4v) is 2.56. The highest BCUT2D eigenvalue weighted by Crippen LogP contribution is 2.20. The van der Waals surface area contributed by atoms with Gasteiger partial charge >= 0.3 is 5.69 Å². The van der Waals surface area contributed by atoms with E-state index in [1.54, 1.807) is 6.92 Å². The van der Waals surface area contributed by atoms with Crippen molar-refractivity contribution in [3.8, 4) is 0 Å². The number of aryl methyl sites for hydroxylation is 1. The molecule has 2 aliphatic heterocycles. The Morgan fingerprint density at radius 2 is 2.05 bits per heavy atom. The number of nitrogens with one attached hydrogen (secondary N) is 1. The van der Waals surface area contributed by atoms with Gasteiger partial charge in [0.2, 0.25) is 0 Å². The van der Waals surface area contributed by atoms with Crippen LogP contribution in [0.4, 0.5) is 0 Å². The van der Waals surface area contributed by atoms with Crippen LogP contribution >= 0.6 is 0 Å². The SMILES string of the molecule is Cc1cn([C@H]2C=C[C@@H](CN3CCOCC3)O2)c(=O)[nH]c1=O. The Morgan fingerprint density at radius 3 is 2.81 bits per heavy atom. The standard InChI is InChI=1S/C14H19N3O4/c1-10-8-17(14(19)15-13(10)18)12-3-2-11(21-12)9-16-4-6-20-7-5-16/h2-3,8,11-12H,4-7,9H2,1H3,(H,15,18,19)/t11-,12+/m0/s1. The van der Waals surface area contributed by atoms with Gasteiger partial charge in [0.25, 0.3) is 5.56 Å². The van der Waals surface area contributed by atoms with Crippen LogP contribution < -0.4 is 11.2 Å². The van der Waals surface area contributed by atoms with Crippen LogP contribution in [-0.2, 0) is 9.47 Å². The van der Waals surface area contributed by atoms with Crippen molar-refractivity contribution < 1.29 is 9.47 Å². The summed E-state index contributed by atoms with van der Waals surface area (Å²) in [6.07, 6.45) is 4.84. The van der Waals surface area contributed by atoms with Gasteiger partial charge in [0.1, 0.15) is 0 Å². The second-order valence-electron chi connectivity index (χ2n) is 5.34. The highest BCUT2D eigenvalue weighted by atomic mass is 16.5. The van der Waals surface area contributed by atoms with Crippen molar-refractivity contribution in [3.63, 3.8) is 0 Å². The van der Waals surface area contributed by atoms with E-state index in [0.29, 0.717) is 5.56 Å². The quantitative estimate of drug-likeness (QED) is 0.770. The molecule has 0 spiro atoms. The van der Waals surface area contributed by atoms with Gasteiger partial charge < -0.3 is 9.47 Å². The van der Waals surface area contributed by atoms with Gasteiger partial charge in [-0.3, -0.25) is 19.2 Å². The predicted molar refractivity (Wildman–Crippen MR) is 76.4 cm³/mol. The van der Waals surface area contributed by atoms with Gasteiger partial charge in [-0.1, -0.05) is 6.08 Å². The first-order valence-corrected chi connectivity index (χ1v) is 7.09. The Balaban J connectivity index is 1.67. The van der Waals surface area contributed by atoms with Gasteiger partial charge in [0.15, 0.2) is 6.23 Å². The molecule has 7 nitrogen and oxygen atoms in total. The fraction of sp³-hybridized carbons (Fsp3) is 0.571. The van der Waals surface area contributed by atoms with E-state index in [1.807, 2.05) is 12.2 Å². The molecule has 0 aliphatic carbocycles. The molecule has 0 bridgehead atoms. The van der Waals surface area contributed by atoms with Crippen molar-refractivity contribution in [1.29, 1.82) is 0 Å². The van der Waals surface area contributed by atoms with Crippen molar-refractivity contribution in [2.75, 3.05) is 32.8 Å². The third-order valence-electron chi connectivity index (χ3n) is 3.77. The first kappa shape index (κ1) is 14.2. The third kappa shape index (κ3) is 3.15. The van der Waals surface area contributed by atoms with Crippen molar-refractivity contribution in [3.05, 3.63) is 44.8 Å². The van der Waals surface area contributed by atoms with E-state index >= 15 is 0 Å². The monoisotopic (exact) mass is 293 g/mol. The Labute approximate surface area is 121 Å². The Bertz CT molecular complexity index is 642. The molecule has 0 amide bonds. The maximum Gasteiger partial charge on any atom is 0.330 e. The Hall–Kier alpha value is -1.70. The second kappa shape index (κ2) is 5.97. The average Bonchev–Trinajstić information content (AvgIpc) is 2.92. The minimum Gasteiger partial charge on any atom is -0.379 e. The summed E-state index contributed by atoms with van der Waals surface area (Å²) in [4.78, 5) is 27.8. The van der Waals surface area contributed by atoms with Crippen LogP contribution in [0, 0.1) is 6.92 Å². The molecule has 1 aromatic rings. The maximum atomic E-state index is 11.8. The molecule has 21 heavy (non-hydrogen) atoms. The molecule has 7 heteroatoms. The number of aromatic amines is 1. The van der Waals surface area contributed by atoms with Crippen molar-refractivity contribution in [2.24, 2.45) is 0 Å². The number of nitrogens with zero attached hydrogens (tertiary/aromatic N) is 2. The fourth-order valence-electron chi connectivity index (χ4n) is 2.56. The Kier molecular flexibility index (Phi) is 4.05. The molecule has 114 valence electrons. The summed E-state index contributed by atoms with van der Waals surface area (Å²) in [5.41, 5.74) is -0.321. The summed E-state index contributed by atoms with van der Waals surface area (Å²) in [7, 11) is 0. The summed E-state index contributed by atoms with van der Waals surface area (Å²) in [6, 6.07) is 0. The third-order valence-corrected chi connectivity index (χ3v) is 3.77. The summed E-state index contributed by atoms with van der Waals surface area (Å²) >= 11 is 0. The molecule has 1 fully saturated rings. The van der Waals surface area contributed by atoms with E-state index in [4.69, 9.17) is 9.47 Å². The van der Waals surface area contributed by atoms with Crippen LogP contribution in [0.25, 0.3) is 0 Å². The molecule has 1 aromatic heterocycles. The lowest BCUT2D eigenvalue weighted by atomic mass is 10.3. The lowest BCUT2D eigenvalue weighted by molar-refractivity contribution is -0.0235. The summed E-state index contributed by atoms with van der Waals surface area (Å²) < 4.78 is 12.6. The smallest absolute Gasteiger partial charge is 0.330 e. The minimum absolute atomic E-state index is 0.0489. The van der Waals surface area contributed by atoms with Gasteiger partial charge in [-0.15, -0.1) is 0 Å². The van der Waals surface area contributed by atoms with Crippen LogP contribution in [0.2, 0.25) is 0 Å². The largest absolute Gasteiger partial charge is 0.379 e. The molecule has 3 rings (SSSR count). The number of aromatic nitrogens is 2. The minimum atomic E-state index is -0.459. The number of hydrogen-bond donors (Lipinski definition) is 1. The van der Waals surface area contributed by atoms with E-state index in [9.17, 15) is 9.59 Å². The molecule has 1 N–H and O–H groups in total. The van der Waals surface area contributed by atoms with Crippen molar-refractivity contribution in [1.82, 2.24) is 14.5 Å². The number of hydrogen-bond acceptors (Lipinski definition) is 5. The second-order valence-corrected chi connectivity index (χ2v) is 5.34. The van der Waals surface area contributed by atoms with E-state index in [0.717, 1.165) is 32.8 Å². The summed E-state index contributed by atoms with van der Waals surface area (Å²) in [5.74, 6) is 0. The van der Waals surface area contributed by atoms with E-state index < -0.39 is 11.9 Å². The van der Waals surface area contributed by atoms with Crippen molar-refractivity contribution in [2.45, 2.75) is 19.3 Å². The molecule has 0 aromatic carbocycles. The zero-order valence-electron chi connectivity index (χ0n) is 11.9. The number of H-pyrrole nitrogens is 1. The van der Waals surface area contributed by atoms with Gasteiger partial charge in [-0.25, -0.2) is 4.79 Å².